The number of rotatable bonds is 2. The smallest absolute Gasteiger partial charge is 0.375 e. The van der Waals surface area contributed by atoms with Crippen molar-refractivity contribution in [3.63, 3.8) is 0 Å². The number of nitrogens with two attached hydrogens (primary N) is 1. The molecular weight excluding hydrogens is 294 g/mol. The first-order chi connectivity index (χ1) is 7.24. The third-order valence-corrected chi connectivity index (χ3v) is 2.77. The highest BCUT2D eigenvalue weighted by molar-refractivity contribution is 9.10. The van der Waals surface area contributed by atoms with Gasteiger partial charge in [0.25, 0.3) is 0 Å². The van der Waals surface area contributed by atoms with Crippen molar-refractivity contribution in [1.82, 2.24) is 0 Å². The van der Waals surface area contributed by atoms with Crippen molar-refractivity contribution >= 4 is 15.9 Å². The lowest BCUT2D eigenvalue weighted by atomic mass is 9.93. The van der Waals surface area contributed by atoms with E-state index in [1.54, 1.807) is 0 Å². The summed E-state index contributed by atoms with van der Waals surface area (Å²) in [5.74, 6) is -1.17. The highest BCUT2D eigenvalue weighted by Crippen LogP contribution is 2.40. The first-order valence-corrected chi connectivity index (χ1v) is 4.97. The van der Waals surface area contributed by atoms with Crippen molar-refractivity contribution in [3.05, 3.63) is 34.1 Å². The zero-order valence-electron chi connectivity index (χ0n) is 7.85. The molecule has 0 fully saturated rings. The van der Waals surface area contributed by atoms with Crippen molar-refractivity contribution < 1.29 is 22.7 Å². The Balaban J connectivity index is 3.40. The summed E-state index contributed by atoms with van der Waals surface area (Å²) in [6, 6.07) is 3.27. The Morgan fingerprint density at radius 2 is 1.88 bits per heavy atom. The Kier molecular flexibility index (Phi) is 3.61. The van der Waals surface area contributed by atoms with Crippen molar-refractivity contribution in [2.24, 2.45) is 5.73 Å². The molecule has 0 bridgehead atoms. The van der Waals surface area contributed by atoms with Gasteiger partial charge in [-0.3, -0.25) is 0 Å². The van der Waals surface area contributed by atoms with Crippen LogP contribution >= 0.6 is 15.9 Å². The SMILES string of the molecule is NCC(O)(c1cccc(Br)c1F)C(F)(F)F. The van der Waals surface area contributed by atoms with Gasteiger partial charge in [0.2, 0.25) is 5.60 Å². The van der Waals surface area contributed by atoms with Crippen LogP contribution in [-0.2, 0) is 5.60 Å². The van der Waals surface area contributed by atoms with E-state index >= 15 is 0 Å². The van der Waals surface area contributed by atoms with Crippen LogP contribution in [0.15, 0.2) is 22.7 Å². The van der Waals surface area contributed by atoms with Gasteiger partial charge in [0.1, 0.15) is 5.82 Å². The highest BCUT2D eigenvalue weighted by atomic mass is 79.9. The first-order valence-electron chi connectivity index (χ1n) is 4.17. The molecule has 0 spiro atoms. The average Bonchev–Trinajstić information content (AvgIpc) is 2.19. The minimum Gasteiger partial charge on any atom is -0.375 e. The molecule has 90 valence electrons. The Bertz CT molecular complexity index is 396. The molecule has 0 saturated heterocycles. The van der Waals surface area contributed by atoms with Gasteiger partial charge < -0.3 is 10.8 Å². The van der Waals surface area contributed by atoms with Gasteiger partial charge in [-0.15, -0.1) is 0 Å². The molecule has 0 amide bonds. The Morgan fingerprint density at radius 3 is 2.31 bits per heavy atom. The molecule has 0 saturated carbocycles. The number of benzene rings is 1. The van der Waals surface area contributed by atoms with Gasteiger partial charge in [-0.2, -0.15) is 13.2 Å². The lowest BCUT2D eigenvalue weighted by Crippen LogP contribution is -2.48. The molecule has 0 radical (unpaired) electrons. The van der Waals surface area contributed by atoms with Gasteiger partial charge in [-0.05, 0) is 22.0 Å². The zero-order valence-corrected chi connectivity index (χ0v) is 9.44. The molecule has 0 heterocycles. The standard InChI is InChI=1S/C9H8BrF4NO/c10-6-3-1-2-5(7(6)11)8(16,4-15)9(12,13)14/h1-3,16H,4,15H2. The quantitative estimate of drug-likeness (QED) is 0.824. The normalized spacial score (nSPS) is 15.9. The van der Waals surface area contributed by atoms with E-state index in [4.69, 9.17) is 5.73 Å². The maximum absolute atomic E-state index is 13.5. The monoisotopic (exact) mass is 301 g/mol. The van der Waals surface area contributed by atoms with Crippen molar-refractivity contribution in [2.75, 3.05) is 6.54 Å². The number of aliphatic hydroxyl groups is 1. The largest absolute Gasteiger partial charge is 0.422 e. The Labute approximate surface area is 97.2 Å². The van der Waals surface area contributed by atoms with E-state index in [2.05, 4.69) is 15.9 Å². The van der Waals surface area contributed by atoms with Crippen LogP contribution in [0.5, 0.6) is 0 Å². The maximum Gasteiger partial charge on any atom is 0.422 e. The summed E-state index contributed by atoms with van der Waals surface area (Å²) < 4.78 is 51.1. The van der Waals surface area contributed by atoms with Gasteiger partial charge in [0, 0.05) is 12.1 Å². The summed E-state index contributed by atoms with van der Waals surface area (Å²) in [5.41, 5.74) is 0.626. The topological polar surface area (TPSA) is 46.2 Å². The van der Waals surface area contributed by atoms with Crippen LogP contribution in [0, 0.1) is 5.82 Å². The Morgan fingerprint density at radius 1 is 1.31 bits per heavy atom. The summed E-state index contributed by atoms with van der Waals surface area (Å²) in [6.45, 7) is -1.15. The fourth-order valence-electron chi connectivity index (χ4n) is 1.20. The zero-order chi connectivity index (χ0) is 12.6. The molecule has 0 aromatic heterocycles. The van der Waals surface area contributed by atoms with Crippen LogP contribution in [0.4, 0.5) is 17.6 Å². The van der Waals surface area contributed by atoms with Crippen molar-refractivity contribution in [1.29, 1.82) is 0 Å². The molecule has 0 aliphatic carbocycles. The van der Waals surface area contributed by atoms with E-state index < -0.39 is 29.7 Å². The van der Waals surface area contributed by atoms with E-state index in [-0.39, 0.29) is 4.47 Å². The molecule has 1 rings (SSSR count). The van der Waals surface area contributed by atoms with Crippen LogP contribution in [0.1, 0.15) is 5.56 Å². The fraction of sp³-hybridized carbons (Fsp3) is 0.333. The molecule has 3 N–H and O–H groups in total. The van der Waals surface area contributed by atoms with E-state index in [1.807, 2.05) is 0 Å². The van der Waals surface area contributed by atoms with Crippen LogP contribution in [-0.4, -0.2) is 17.8 Å². The van der Waals surface area contributed by atoms with E-state index in [0.29, 0.717) is 0 Å². The average molecular weight is 302 g/mol. The lowest BCUT2D eigenvalue weighted by Gasteiger charge is -2.29. The van der Waals surface area contributed by atoms with Crippen LogP contribution < -0.4 is 5.73 Å². The molecule has 0 aliphatic rings. The predicted molar refractivity (Wildman–Crippen MR) is 53.1 cm³/mol. The summed E-state index contributed by atoms with van der Waals surface area (Å²) in [6.07, 6.45) is -5.04. The van der Waals surface area contributed by atoms with Crippen molar-refractivity contribution in [2.45, 2.75) is 11.8 Å². The Hall–Kier alpha value is -0.660. The van der Waals surface area contributed by atoms with Crippen LogP contribution in [0.3, 0.4) is 0 Å². The minimum atomic E-state index is -5.04. The summed E-state index contributed by atoms with van der Waals surface area (Å²) in [4.78, 5) is 0. The second kappa shape index (κ2) is 4.31. The molecule has 1 unspecified atom stereocenters. The second-order valence-corrected chi connectivity index (χ2v) is 4.02. The van der Waals surface area contributed by atoms with E-state index in [1.165, 1.54) is 12.1 Å². The predicted octanol–water partition coefficient (Wildman–Crippen LogP) is 2.30. The molecule has 1 aromatic rings. The summed E-state index contributed by atoms with van der Waals surface area (Å²) >= 11 is 2.74. The summed E-state index contributed by atoms with van der Waals surface area (Å²) in [7, 11) is 0. The fourth-order valence-corrected chi connectivity index (χ4v) is 1.57. The van der Waals surface area contributed by atoms with Gasteiger partial charge in [0.15, 0.2) is 0 Å². The van der Waals surface area contributed by atoms with Gasteiger partial charge in [-0.25, -0.2) is 4.39 Å². The van der Waals surface area contributed by atoms with E-state index in [9.17, 15) is 22.7 Å². The molecule has 0 aliphatic heterocycles. The number of hydrogen-bond donors (Lipinski definition) is 2. The molecule has 1 atom stereocenters. The van der Waals surface area contributed by atoms with Gasteiger partial charge in [-0.1, -0.05) is 12.1 Å². The highest BCUT2D eigenvalue weighted by Gasteiger charge is 2.55. The molecule has 7 heteroatoms. The maximum atomic E-state index is 13.5. The molecule has 1 aromatic carbocycles. The second-order valence-electron chi connectivity index (χ2n) is 3.16. The lowest BCUT2D eigenvalue weighted by molar-refractivity contribution is -0.263. The molecule has 16 heavy (non-hydrogen) atoms. The third-order valence-electron chi connectivity index (χ3n) is 2.16. The molecule has 2 nitrogen and oxygen atoms in total. The van der Waals surface area contributed by atoms with Crippen molar-refractivity contribution in [3.8, 4) is 0 Å². The van der Waals surface area contributed by atoms with Crippen LogP contribution in [0.25, 0.3) is 0 Å². The van der Waals surface area contributed by atoms with E-state index in [0.717, 1.165) is 6.07 Å². The summed E-state index contributed by atoms with van der Waals surface area (Å²) in [5, 5.41) is 9.42. The number of alkyl halides is 3. The number of hydrogen-bond acceptors (Lipinski definition) is 2. The number of halogens is 5. The van der Waals surface area contributed by atoms with Gasteiger partial charge in [0.05, 0.1) is 4.47 Å². The molecular formula is C9H8BrF4NO. The van der Waals surface area contributed by atoms with Gasteiger partial charge >= 0.3 is 6.18 Å². The van der Waals surface area contributed by atoms with Crippen LogP contribution in [0.2, 0.25) is 0 Å². The first kappa shape index (κ1) is 13.4. The minimum absolute atomic E-state index is 0.166. The third kappa shape index (κ3) is 2.07.